The molecule has 0 saturated heterocycles. The number of amides is 1. The van der Waals surface area contributed by atoms with E-state index >= 15 is 0 Å². The van der Waals surface area contributed by atoms with Crippen molar-refractivity contribution in [2.75, 3.05) is 0 Å². The molecule has 27 heavy (non-hydrogen) atoms. The first-order valence-corrected chi connectivity index (χ1v) is 10.4. The average Bonchev–Trinajstić information content (AvgIpc) is 2.57. The normalized spacial score (nSPS) is 11.7. The molecule has 0 fully saturated rings. The minimum absolute atomic E-state index is 0.297. The summed E-state index contributed by atoms with van der Waals surface area (Å²) in [5, 5.41) is 13.3. The molecule has 2 aromatic carbocycles. The number of hydrogen-bond donors (Lipinski definition) is 1. The van der Waals surface area contributed by atoms with E-state index in [9.17, 15) is 9.90 Å². The monoisotopic (exact) mass is 496 g/mol. The van der Waals surface area contributed by atoms with Crippen molar-refractivity contribution in [1.82, 2.24) is 10.0 Å². The van der Waals surface area contributed by atoms with Gasteiger partial charge in [-0.05, 0) is 69.0 Å². The van der Waals surface area contributed by atoms with Crippen molar-refractivity contribution in [2.24, 2.45) is 0 Å². The Balaban J connectivity index is 2.43. The van der Waals surface area contributed by atoms with E-state index in [4.69, 9.17) is 0 Å². The van der Waals surface area contributed by atoms with Crippen LogP contribution in [-0.4, -0.2) is 26.8 Å². The number of nitrogens with zero attached hydrogens (tertiary/aromatic N) is 2. The van der Waals surface area contributed by atoms with Crippen LogP contribution in [0.5, 0.6) is 0 Å². The lowest BCUT2D eigenvalue weighted by molar-refractivity contribution is -0.0837. The highest BCUT2D eigenvalue weighted by Crippen LogP contribution is 2.28. The molecule has 0 heterocycles. The second-order valence-electron chi connectivity index (χ2n) is 7.62. The molecular formula is C21H26Br2N2O2. The molecule has 0 aromatic heterocycles. The van der Waals surface area contributed by atoms with E-state index in [1.165, 1.54) is 5.01 Å². The molecular weight excluding hydrogens is 472 g/mol. The first-order chi connectivity index (χ1) is 12.5. The van der Waals surface area contributed by atoms with E-state index in [1.807, 2.05) is 76.0 Å². The maximum atomic E-state index is 12.2. The number of rotatable bonds is 5. The molecule has 0 aliphatic carbocycles. The Morgan fingerprint density at radius 2 is 1.37 bits per heavy atom. The SMILES string of the molecule is Cc1c(Br)cccc1CN(C(=O)O)N(Cc1cccc(Br)c1C)C(C)(C)C. The molecule has 0 unspecified atom stereocenters. The fraction of sp³-hybridized carbons (Fsp3) is 0.381. The molecule has 6 heteroatoms. The highest BCUT2D eigenvalue weighted by Gasteiger charge is 2.31. The van der Waals surface area contributed by atoms with Gasteiger partial charge in [0.1, 0.15) is 0 Å². The van der Waals surface area contributed by atoms with Crippen molar-refractivity contribution in [3.63, 3.8) is 0 Å². The fourth-order valence-electron chi connectivity index (χ4n) is 2.91. The molecule has 1 amide bonds. The van der Waals surface area contributed by atoms with Crippen molar-refractivity contribution >= 4 is 38.0 Å². The van der Waals surface area contributed by atoms with Crippen LogP contribution in [0.1, 0.15) is 43.0 Å². The minimum Gasteiger partial charge on any atom is -0.464 e. The Bertz CT molecular complexity index is 831. The standard InChI is InChI=1S/C21H26Br2N2O2/c1-14-16(8-6-10-18(14)22)12-24(20(26)27)25(21(3,4)5)13-17-9-7-11-19(23)15(17)2/h6-11H,12-13H2,1-5H3,(H,26,27). The van der Waals surface area contributed by atoms with Crippen LogP contribution in [0.4, 0.5) is 4.79 Å². The number of halogens is 2. The molecule has 0 atom stereocenters. The fourth-order valence-corrected chi connectivity index (χ4v) is 3.72. The van der Waals surface area contributed by atoms with Crippen molar-refractivity contribution in [3.8, 4) is 0 Å². The van der Waals surface area contributed by atoms with Crippen molar-refractivity contribution in [3.05, 3.63) is 67.6 Å². The number of hydrogen-bond acceptors (Lipinski definition) is 2. The van der Waals surface area contributed by atoms with E-state index in [1.54, 1.807) is 0 Å². The second kappa shape index (κ2) is 8.76. The summed E-state index contributed by atoms with van der Waals surface area (Å²) in [4.78, 5) is 12.2. The first-order valence-electron chi connectivity index (χ1n) is 8.78. The number of hydrazine groups is 1. The summed E-state index contributed by atoms with van der Waals surface area (Å²) in [7, 11) is 0. The van der Waals surface area contributed by atoms with Crippen LogP contribution in [0.3, 0.4) is 0 Å². The van der Waals surface area contributed by atoms with E-state index in [2.05, 4.69) is 31.9 Å². The van der Waals surface area contributed by atoms with Gasteiger partial charge in [-0.3, -0.25) is 0 Å². The Kier molecular flexibility index (Phi) is 7.11. The lowest BCUT2D eigenvalue weighted by atomic mass is 10.0. The number of carbonyl (C=O) groups is 1. The zero-order valence-electron chi connectivity index (χ0n) is 16.4. The van der Waals surface area contributed by atoms with Crippen LogP contribution in [0.15, 0.2) is 45.3 Å². The summed E-state index contributed by atoms with van der Waals surface area (Å²) >= 11 is 7.11. The summed E-state index contributed by atoms with van der Waals surface area (Å²) in [6, 6.07) is 11.9. The largest absolute Gasteiger partial charge is 0.464 e. The van der Waals surface area contributed by atoms with Gasteiger partial charge in [-0.2, -0.15) is 0 Å². The average molecular weight is 498 g/mol. The van der Waals surface area contributed by atoms with E-state index < -0.39 is 6.09 Å². The molecule has 0 spiro atoms. The Morgan fingerprint density at radius 1 is 0.926 bits per heavy atom. The van der Waals surface area contributed by atoms with Crippen molar-refractivity contribution in [1.29, 1.82) is 0 Å². The van der Waals surface area contributed by atoms with Gasteiger partial charge < -0.3 is 5.11 Å². The Labute approximate surface area is 178 Å². The predicted octanol–water partition coefficient (Wildman–Crippen LogP) is 6.52. The molecule has 0 bridgehead atoms. The van der Waals surface area contributed by atoms with Gasteiger partial charge in [-0.25, -0.2) is 14.8 Å². The summed E-state index contributed by atoms with van der Waals surface area (Å²) in [5.74, 6) is 0. The van der Waals surface area contributed by atoms with Gasteiger partial charge in [0.05, 0.1) is 6.54 Å². The van der Waals surface area contributed by atoms with Crippen molar-refractivity contribution in [2.45, 2.75) is 53.2 Å². The maximum Gasteiger partial charge on any atom is 0.422 e. The van der Waals surface area contributed by atoms with Crippen LogP contribution in [0.25, 0.3) is 0 Å². The molecule has 146 valence electrons. The highest BCUT2D eigenvalue weighted by atomic mass is 79.9. The third-order valence-electron chi connectivity index (χ3n) is 4.69. The zero-order valence-corrected chi connectivity index (χ0v) is 19.6. The molecule has 2 rings (SSSR count). The Morgan fingerprint density at radius 3 is 1.78 bits per heavy atom. The van der Waals surface area contributed by atoms with Gasteiger partial charge in [0.2, 0.25) is 0 Å². The number of carboxylic acid groups (broad SMARTS) is 1. The van der Waals surface area contributed by atoms with Crippen LogP contribution in [-0.2, 0) is 13.1 Å². The van der Waals surface area contributed by atoms with Gasteiger partial charge in [0.25, 0.3) is 0 Å². The molecule has 0 aliphatic heterocycles. The molecule has 0 radical (unpaired) electrons. The smallest absolute Gasteiger partial charge is 0.422 e. The summed E-state index contributed by atoms with van der Waals surface area (Å²) in [6.45, 7) is 10.9. The molecule has 0 saturated carbocycles. The summed E-state index contributed by atoms with van der Waals surface area (Å²) in [5.41, 5.74) is 3.88. The van der Waals surface area contributed by atoms with E-state index in [0.717, 1.165) is 31.2 Å². The minimum atomic E-state index is -0.961. The lowest BCUT2D eigenvalue weighted by Crippen LogP contribution is -2.54. The van der Waals surface area contributed by atoms with Gasteiger partial charge in [-0.15, -0.1) is 0 Å². The maximum absolute atomic E-state index is 12.2. The lowest BCUT2D eigenvalue weighted by Gasteiger charge is -2.42. The highest BCUT2D eigenvalue weighted by molar-refractivity contribution is 9.10. The van der Waals surface area contributed by atoms with Gasteiger partial charge in [-0.1, -0.05) is 56.1 Å². The van der Waals surface area contributed by atoms with Crippen LogP contribution < -0.4 is 0 Å². The topological polar surface area (TPSA) is 43.8 Å². The quantitative estimate of drug-likeness (QED) is 0.478. The molecule has 1 N–H and O–H groups in total. The van der Waals surface area contributed by atoms with Gasteiger partial charge in [0, 0.05) is 21.0 Å². The Hall–Kier alpha value is -1.37. The van der Waals surface area contributed by atoms with Gasteiger partial charge in [0.15, 0.2) is 0 Å². The van der Waals surface area contributed by atoms with E-state index in [0.29, 0.717) is 13.1 Å². The van der Waals surface area contributed by atoms with Crippen LogP contribution in [0.2, 0.25) is 0 Å². The van der Waals surface area contributed by atoms with Crippen LogP contribution >= 0.6 is 31.9 Å². The molecule has 2 aromatic rings. The van der Waals surface area contributed by atoms with Gasteiger partial charge >= 0.3 is 6.09 Å². The van der Waals surface area contributed by atoms with Crippen molar-refractivity contribution < 1.29 is 9.90 Å². The predicted molar refractivity (Wildman–Crippen MR) is 117 cm³/mol. The number of benzene rings is 2. The molecule has 4 nitrogen and oxygen atoms in total. The first kappa shape index (κ1) is 21.9. The second-order valence-corrected chi connectivity index (χ2v) is 9.33. The third-order valence-corrected chi connectivity index (χ3v) is 6.40. The van der Waals surface area contributed by atoms with E-state index in [-0.39, 0.29) is 5.54 Å². The van der Waals surface area contributed by atoms with Crippen LogP contribution in [0, 0.1) is 13.8 Å². The third kappa shape index (κ3) is 5.33. The zero-order chi connectivity index (χ0) is 20.4. The summed E-state index contributed by atoms with van der Waals surface area (Å²) < 4.78 is 2.01. The summed E-state index contributed by atoms with van der Waals surface area (Å²) in [6.07, 6.45) is -0.961. The molecule has 0 aliphatic rings.